The minimum Gasteiger partial charge on any atom is -0.436 e. The molecule has 3 aromatic heterocycles. The van der Waals surface area contributed by atoms with Crippen LogP contribution in [0.15, 0.2) is 191 Å². The van der Waals surface area contributed by atoms with Gasteiger partial charge in [0.05, 0.1) is 0 Å². The number of oxazole rings is 2. The van der Waals surface area contributed by atoms with Crippen LogP contribution in [0.2, 0.25) is 0 Å². The number of rotatable bonds is 8. The Morgan fingerprint density at radius 1 is 0.291 bits per heavy atom. The van der Waals surface area contributed by atoms with Crippen LogP contribution in [0.5, 0.6) is 0 Å². The molecular formula is C47H30N6O2. The lowest BCUT2D eigenvalue weighted by molar-refractivity contribution is 0.619. The first-order valence-electron chi connectivity index (χ1n) is 17.9. The first-order chi connectivity index (χ1) is 27.2. The van der Waals surface area contributed by atoms with Gasteiger partial charge in [0, 0.05) is 44.9 Å². The van der Waals surface area contributed by atoms with Gasteiger partial charge in [0.25, 0.3) is 0 Å². The van der Waals surface area contributed by atoms with Crippen molar-refractivity contribution in [2.45, 2.75) is 0 Å². The van der Waals surface area contributed by atoms with Crippen molar-refractivity contribution in [1.82, 2.24) is 24.9 Å². The first kappa shape index (κ1) is 32.0. The Morgan fingerprint density at radius 2 is 0.618 bits per heavy atom. The van der Waals surface area contributed by atoms with Crippen LogP contribution in [0.1, 0.15) is 0 Å². The molecular weight excluding hydrogens is 681 g/mol. The summed E-state index contributed by atoms with van der Waals surface area (Å²) >= 11 is 0. The average Bonchev–Trinajstić information content (AvgIpc) is 3.90. The minimum absolute atomic E-state index is 0.548. The summed E-state index contributed by atoms with van der Waals surface area (Å²) in [5, 5.41) is 0. The number of nitrogens with zero attached hydrogens (tertiary/aromatic N) is 6. The van der Waals surface area contributed by atoms with Gasteiger partial charge >= 0.3 is 0 Å². The predicted octanol–water partition coefficient (Wildman–Crippen LogP) is 12.0. The van der Waals surface area contributed by atoms with E-state index in [0.29, 0.717) is 29.3 Å². The second-order valence-corrected chi connectivity index (χ2v) is 13.0. The summed E-state index contributed by atoms with van der Waals surface area (Å²) < 4.78 is 12.1. The molecule has 0 aliphatic rings. The van der Waals surface area contributed by atoms with E-state index < -0.39 is 0 Å². The lowest BCUT2D eigenvalue weighted by atomic mass is 10.1. The van der Waals surface area contributed by atoms with Gasteiger partial charge in [0.1, 0.15) is 11.0 Å². The summed E-state index contributed by atoms with van der Waals surface area (Å²) in [5.74, 6) is 2.77. The van der Waals surface area contributed by atoms with E-state index in [4.69, 9.17) is 23.8 Å². The standard InChI is InChI=1S/C47H30N6O2/c1-3-11-36(12-4-1)53(37-13-5-2-6-14-37)38-29-27-33(28-30-38)45-51-43(31-19-23-34(24-20-31)46-48-39-15-7-9-17-41(39)54-46)50-44(52-45)32-21-25-35(26-22-32)47-49-40-16-8-10-18-42(40)55-47/h1-30H. The summed E-state index contributed by atoms with van der Waals surface area (Å²) in [5.41, 5.74) is 10.5. The van der Waals surface area contributed by atoms with E-state index in [1.807, 2.05) is 133 Å². The summed E-state index contributed by atoms with van der Waals surface area (Å²) in [6.07, 6.45) is 0. The number of hydrogen-bond donors (Lipinski definition) is 0. The van der Waals surface area contributed by atoms with Crippen molar-refractivity contribution in [2.24, 2.45) is 0 Å². The van der Waals surface area contributed by atoms with E-state index in [2.05, 4.69) is 63.4 Å². The minimum atomic E-state index is 0.548. The fourth-order valence-electron chi connectivity index (χ4n) is 6.64. The number of hydrogen-bond acceptors (Lipinski definition) is 8. The molecule has 7 aromatic carbocycles. The maximum absolute atomic E-state index is 6.03. The van der Waals surface area contributed by atoms with Crippen molar-refractivity contribution in [2.75, 3.05) is 4.90 Å². The number of aromatic nitrogens is 5. The first-order valence-corrected chi connectivity index (χ1v) is 17.9. The third-order valence-electron chi connectivity index (χ3n) is 9.42. The van der Waals surface area contributed by atoms with Crippen LogP contribution >= 0.6 is 0 Å². The lowest BCUT2D eigenvalue weighted by Gasteiger charge is -2.25. The fraction of sp³-hybridized carbons (Fsp3) is 0. The van der Waals surface area contributed by atoms with Gasteiger partial charge in [-0.15, -0.1) is 0 Å². The largest absolute Gasteiger partial charge is 0.436 e. The van der Waals surface area contributed by atoms with Crippen LogP contribution in [0.3, 0.4) is 0 Å². The molecule has 8 nitrogen and oxygen atoms in total. The van der Waals surface area contributed by atoms with Gasteiger partial charge in [-0.1, -0.05) is 84.9 Å². The molecule has 10 aromatic rings. The maximum Gasteiger partial charge on any atom is 0.227 e. The number of anilines is 3. The highest BCUT2D eigenvalue weighted by molar-refractivity contribution is 5.80. The zero-order valence-corrected chi connectivity index (χ0v) is 29.3. The third kappa shape index (κ3) is 6.28. The van der Waals surface area contributed by atoms with Gasteiger partial charge in [-0.3, -0.25) is 0 Å². The molecule has 0 amide bonds. The van der Waals surface area contributed by atoms with Crippen molar-refractivity contribution in [3.8, 4) is 57.1 Å². The van der Waals surface area contributed by atoms with E-state index in [0.717, 1.165) is 67.1 Å². The van der Waals surface area contributed by atoms with E-state index >= 15 is 0 Å². The van der Waals surface area contributed by atoms with Crippen molar-refractivity contribution < 1.29 is 8.83 Å². The summed E-state index contributed by atoms with van der Waals surface area (Å²) in [4.78, 5) is 26.6. The molecule has 0 N–H and O–H groups in total. The van der Waals surface area contributed by atoms with Gasteiger partial charge in [0.2, 0.25) is 11.8 Å². The van der Waals surface area contributed by atoms with Crippen LogP contribution in [-0.2, 0) is 0 Å². The Balaban J connectivity index is 1.03. The molecule has 8 heteroatoms. The van der Waals surface area contributed by atoms with Crippen LogP contribution in [0, 0.1) is 0 Å². The van der Waals surface area contributed by atoms with Crippen molar-refractivity contribution in [1.29, 1.82) is 0 Å². The number of benzene rings is 7. The molecule has 10 rings (SSSR count). The highest BCUT2D eigenvalue weighted by atomic mass is 16.4. The second kappa shape index (κ2) is 13.7. The van der Waals surface area contributed by atoms with Gasteiger partial charge in [0.15, 0.2) is 28.6 Å². The predicted molar refractivity (Wildman–Crippen MR) is 217 cm³/mol. The molecule has 0 fully saturated rings. The van der Waals surface area contributed by atoms with Crippen LogP contribution < -0.4 is 4.90 Å². The SMILES string of the molecule is c1ccc(N(c2ccccc2)c2ccc(-c3nc(-c4ccc(-c5nc6ccccc6o5)cc4)nc(-c4ccc(-c5nc6ccccc6o5)cc4)n3)cc2)cc1. The van der Waals surface area contributed by atoms with Gasteiger partial charge in [-0.2, -0.15) is 0 Å². The molecule has 55 heavy (non-hydrogen) atoms. The zero-order valence-electron chi connectivity index (χ0n) is 29.3. The van der Waals surface area contributed by atoms with E-state index in [9.17, 15) is 0 Å². The Hall–Kier alpha value is -7.71. The molecule has 0 unspecified atom stereocenters. The van der Waals surface area contributed by atoms with Crippen molar-refractivity contribution in [3.05, 3.63) is 182 Å². The molecule has 0 bridgehead atoms. The molecule has 0 aliphatic carbocycles. The van der Waals surface area contributed by atoms with E-state index in [1.165, 1.54) is 0 Å². The number of para-hydroxylation sites is 6. The molecule has 0 atom stereocenters. The molecule has 0 saturated carbocycles. The smallest absolute Gasteiger partial charge is 0.227 e. The summed E-state index contributed by atoms with van der Waals surface area (Å²) in [6, 6.07) is 60.4. The molecule has 0 radical (unpaired) electrons. The Morgan fingerprint density at radius 3 is 1.02 bits per heavy atom. The van der Waals surface area contributed by atoms with Crippen molar-refractivity contribution in [3.63, 3.8) is 0 Å². The van der Waals surface area contributed by atoms with Crippen LogP contribution in [0.25, 0.3) is 79.3 Å². The van der Waals surface area contributed by atoms with Gasteiger partial charge < -0.3 is 13.7 Å². The average molecular weight is 711 g/mol. The van der Waals surface area contributed by atoms with Gasteiger partial charge in [-0.05, 0) is 97.1 Å². The Bertz CT molecular complexity index is 2660. The summed E-state index contributed by atoms with van der Waals surface area (Å²) in [7, 11) is 0. The van der Waals surface area contributed by atoms with Crippen LogP contribution in [-0.4, -0.2) is 24.9 Å². The monoisotopic (exact) mass is 710 g/mol. The molecule has 260 valence electrons. The normalized spacial score (nSPS) is 11.3. The Kier molecular flexibility index (Phi) is 7.96. The zero-order chi connectivity index (χ0) is 36.6. The molecule has 0 spiro atoms. The Labute approximate surface area is 316 Å². The van der Waals surface area contributed by atoms with E-state index in [1.54, 1.807) is 0 Å². The maximum atomic E-state index is 6.03. The van der Waals surface area contributed by atoms with Crippen molar-refractivity contribution >= 4 is 39.3 Å². The summed E-state index contributed by atoms with van der Waals surface area (Å²) in [6.45, 7) is 0. The molecule has 3 heterocycles. The van der Waals surface area contributed by atoms with E-state index in [-0.39, 0.29) is 0 Å². The second-order valence-electron chi connectivity index (χ2n) is 13.0. The lowest BCUT2D eigenvalue weighted by Crippen LogP contribution is -2.09. The van der Waals surface area contributed by atoms with Gasteiger partial charge in [-0.25, -0.2) is 24.9 Å². The quantitative estimate of drug-likeness (QED) is 0.154. The third-order valence-corrected chi connectivity index (χ3v) is 9.42. The highest BCUT2D eigenvalue weighted by Gasteiger charge is 2.17. The molecule has 0 saturated heterocycles. The highest BCUT2D eigenvalue weighted by Crippen LogP contribution is 2.36. The topological polar surface area (TPSA) is 94.0 Å². The van der Waals surface area contributed by atoms with Crippen LogP contribution in [0.4, 0.5) is 17.1 Å². The molecule has 0 aliphatic heterocycles. The number of fused-ring (bicyclic) bond motifs is 2. The fourth-order valence-corrected chi connectivity index (χ4v) is 6.64.